The van der Waals surface area contributed by atoms with E-state index in [1.807, 2.05) is 0 Å². The molecular formula is C13H28N2O. The van der Waals surface area contributed by atoms with Crippen LogP contribution in [-0.4, -0.2) is 50.3 Å². The Morgan fingerprint density at radius 2 is 2.12 bits per heavy atom. The van der Waals surface area contributed by atoms with Crippen LogP contribution in [0, 0.1) is 5.41 Å². The van der Waals surface area contributed by atoms with Gasteiger partial charge < -0.3 is 15.0 Å². The molecule has 1 aliphatic rings. The summed E-state index contributed by atoms with van der Waals surface area (Å²) in [5, 5.41) is 3.62. The summed E-state index contributed by atoms with van der Waals surface area (Å²) in [6.07, 6.45) is 1.16. The van der Waals surface area contributed by atoms with Crippen molar-refractivity contribution in [1.82, 2.24) is 10.2 Å². The van der Waals surface area contributed by atoms with Gasteiger partial charge in [-0.1, -0.05) is 20.8 Å². The van der Waals surface area contributed by atoms with Crippen molar-refractivity contribution in [3.8, 4) is 0 Å². The first-order chi connectivity index (χ1) is 7.54. The summed E-state index contributed by atoms with van der Waals surface area (Å²) in [6, 6.07) is 0.619. The molecule has 96 valence electrons. The monoisotopic (exact) mass is 228 g/mol. The zero-order valence-electron chi connectivity index (χ0n) is 11.4. The van der Waals surface area contributed by atoms with E-state index in [0.717, 1.165) is 26.2 Å². The second-order valence-electron chi connectivity index (χ2n) is 5.72. The number of rotatable bonds is 5. The van der Waals surface area contributed by atoms with Crippen LogP contribution in [0.4, 0.5) is 0 Å². The minimum Gasteiger partial charge on any atom is -0.382 e. The zero-order valence-corrected chi connectivity index (χ0v) is 11.4. The van der Waals surface area contributed by atoms with E-state index in [1.54, 1.807) is 0 Å². The molecule has 3 nitrogen and oxygen atoms in total. The standard InChI is InChI=1S/C13H28N2O/c1-5-16-10-6-8-15-9-7-14-12(11-15)13(2,3)4/h12,14H,5-11H2,1-4H3. The van der Waals surface area contributed by atoms with Crippen molar-refractivity contribution < 1.29 is 4.74 Å². The van der Waals surface area contributed by atoms with Crippen LogP contribution in [0.25, 0.3) is 0 Å². The van der Waals surface area contributed by atoms with E-state index in [1.165, 1.54) is 19.6 Å². The van der Waals surface area contributed by atoms with Crippen molar-refractivity contribution in [1.29, 1.82) is 0 Å². The molecule has 0 aromatic heterocycles. The number of hydrogen-bond acceptors (Lipinski definition) is 3. The summed E-state index contributed by atoms with van der Waals surface area (Å²) in [4.78, 5) is 2.56. The van der Waals surface area contributed by atoms with E-state index in [2.05, 4.69) is 37.9 Å². The first kappa shape index (κ1) is 13.9. The Kier molecular flexibility index (Phi) is 5.73. The van der Waals surface area contributed by atoms with Gasteiger partial charge in [-0.3, -0.25) is 0 Å². The number of hydrogen-bond donors (Lipinski definition) is 1. The van der Waals surface area contributed by atoms with Crippen LogP contribution in [-0.2, 0) is 4.74 Å². The third-order valence-corrected chi connectivity index (χ3v) is 3.27. The lowest BCUT2D eigenvalue weighted by Gasteiger charge is -2.40. The van der Waals surface area contributed by atoms with Crippen LogP contribution in [0.1, 0.15) is 34.1 Å². The maximum absolute atomic E-state index is 5.38. The molecule has 1 fully saturated rings. The summed E-state index contributed by atoms with van der Waals surface area (Å²) in [5.41, 5.74) is 0.360. The Morgan fingerprint density at radius 1 is 1.38 bits per heavy atom. The van der Waals surface area contributed by atoms with E-state index in [-0.39, 0.29) is 0 Å². The van der Waals surface area contributed by atoms with Gasteiger partial charge in [0, 0.05) is 45.4 Å². The van der Waals surface area contributed by atoms with Crippen LogP contribution in [0.3, 0.4) is 0 Å². The summed E-state index contributed by atoms with van der Waals surface area (Å²) < 4.78 is 5.38. The van der Waals surface area contributed by atoms with E-state index >= 15 is 0 Å². The molecule has 0 aromatic carbocycles. The number of piperazine rings is 1. The van der Waals surface area contributed by atoms with Crippen LogP contribution >= 0.6 is 0 Å². The van der Waals surface area contributed by atoms with Crippen LogP contribution < -0.4 is 5.32 Å². The smallest absolute Gasteiger partial charge is 0.0478 e. The fourth-order valence-corrected chi connectivity index (χ4v) is 2.13. The molecule has 0 spiro atoms. The lowest BCUT2D eigenvalue weighted by molar-refractivity contribution is 0.105. The fraction of sp³-hybridized carbons (Fsp3) is 1.00. The van der Waals surface area contributed by atoms with Crippen molar-refractivity contribution in [3.63, 3.8) is 0 Å². The van der Waals surface area contributed by atoms with Crippen LogP contribution in [0.15, 0.2) is 0 Å². The minimum absolute atomic E-state index is 0.360. The van der Waals surface area contributed by atoms with Gasteiger partial charge in [0.05, 0.1) is 0 Å². The second kappa shape index (κ2) is 6.58. The summed E-state index contributed by atoms with van der Waals surface area (Å²) in [6.45, 7) is 15.4. The van der Waals surface area contributed by atoms with E-state index in [9.17, 15) is 0 Å². The van der Waals surface area contributed by atoms with E-state index < -0.39 is 0 Å². The molecule has 0 radical (unpaired) electrons. The van der Waals surface area contributed by atoms with Gasteiger partial charge in [0.1, 0.15) is 0 Å². The lowest BCUT2D eigenvalue weighted by atomic mass is 9.85. The fourth-order valence-electron chi connectivity index (χ4n) is 2.13. The second-order valence-corrected chi connectivity index (χ2v) is 5.72. The van der Waals surface area contributed by atoms with Crippen LogP contribution in [0.2, 0.25) is 0 Å². The number of nitrogens with zero attached hydrogens (tertiary/aromatic N) is 1. The molecule has 0 saturated carbocycles. The van der Waals surface area contributed by atoms with Gasteiger partial charge in [-0.15, -0.1) is 0 Å². The predicted molar refractivity (Wildman–Crippen MR) is 68.8 cm³/mol. The minimum atomic E-state index is 0.360. The molecule has 0 aliphatic carbocycles. The highest BCUT2D eigenvalue weighted by Gasteiger charge is 2.28. The van der Waals surface area contributed by atoms with E-state index in [4.69, 9.17) is 4.74 Å². The van der Waals surface area contributed by atoms with Crippen molar-refractivity contribution in [2.24, 2.45) is 5.41 Å². The van der Waals surface area contributed by atoms with Crippen molar-refractivity contribution in [2.75, 3.05) is 39.4 Å². The maximum Gasteiger partial charge on any atom is 0.0478 e. The van der Waals surface area contributed by atoms with Gasteiger partial charge in [0.2, 0.25) is 0 Å². The predicted octanol–water partition coefficient (Wildman–Crippen LogP) is 1.73. The molecule has 3 heteroatoms. The highest BCUT2D eigenvalue weighted by molar-refractivity contribution is 4.87. The highest BCUT2D eigenvalue weighted by Crippen LogP contribution is 2.21. The van der Waals surface area contributed by atoms with Crippen LogP contribution in [0.5, 0.6) is 0 Å². The van der Waals surface area contributed by atoms with Gasteiger partial charge in [-0.25, -0.2) is 0 Å². The molecular weight excluding hydrogens is 200 g/mol. The molecule has 16 heavy (non-hydrogen) atoms. The average Bonchev–Trinajstić information content (AvgIpc) is 2.24. The normalized spacial score (nSPS) is 23.6. The Hall–Kier alpha value is -0.120. The topological polar surface area (TPSA) is 24.5 Å². The average molecular weight is 228 g/mol. The largest absolute Gasteiger partial charge is 0.382 e. The Morgan fingerprint density at radius 3 is 2.75 bits per heavy atom. The van der Waals surface area contributed by atoms with Gasteiger partial charge in [0.15, 0.2) is 0 Å². The Balaban J connectivity index is 2.23. The molecule has 1 saturated heterocycles. The third-order valence-electron chi connectivity index (χ3n) is 3.27. The first-order valence-corrected chi connectivity index (χ1v) is 6.57. The van der Waals surface area contributed by atoms with Gasteiger partial charge in [-0.2, -0.15) is 0 Å². The molecule has 0 amide bonds. The third kappa shape index (κ3) is 4.81. The summed E-state index contributed by atoms with van der Waals surface area (Å²) in [7, 11) is 0. The van der Waals surface area contributed by atoms with Crippen molar-refractivity contribution >= 4 is 0 Å². The van der Waals surface area contributed by atoms with Crippen molar-refractivity contribution in [3.05, 3.63) is 0 Å². The molecule has 1 N–H and O–H groups in total. The Labute approximate surface area is 101 Å². The number of ether oxygens (including phenoxy) is 1. The lowest BCUT2D eigenvalue weighted by Crippen LogP contribution is -2.55. The van der Waals surface area contributed by atoms with E-state index in [0.29, 0.717) is 11.5 Å². The quantitative estimate of drug-likeness (QED) is 0.725. The molecule has 0 aromatic rings. The van der Waals surface area contributed by atoms with Gasteiger partial charge in [-0.05, 0) is 18.8 Å². The zero-order chi connectivity index (χ0) is 12.0. The van der Waals surface area contributed by atoms with Gasteiger partial charge in [0.25, 0.3) is 0 Å². The maximum atomic E-state index is 5.38. The number of nitrogens with one attached hydrogen (secondary N) is 1. The van der Waals surface area contributed by atoms with Gasteiger partial charge >= 0.3 is 0 Å². The van der Waals surface area contributed by atoms with Crippen molar-refractivity contribution in [2.45, 2.75) is 40.2 Å². The summed E-state index contributed by atoms with van der Waals surface area (Å²) >= 11 is 0. The SMILES string of the molecule is CCOCCCN1CCNC(C(C)(C)C)C1. The molecule has 1 heterocycles. The highest BCUT2D eigenvalue weighted by atomic mass is 16.5. The Bertz CT molecular complexity index is 189. The molecule has 1 rings (SSSR count). The molecule has 1 atom stereocenters. The molecule has 1 unspecified atom stereocenters. The molecule has 0 bridgehead atoms. The first-order valence-electron chi connectivity index (χ1n) is 6.57. The summed E-state index contributed by atoms with van der Waals surface area (Å²) in [5.74, 6) is 0. The molecule has 1 aliphatic heterocycles.